The molecule has 0 radical (unpaired) electrons. The van der Waals surface area contributed by atoms with Crippen molar-refractivity contribution in [3.8, 4) is 16.9 Å². The van der Waals surface area contributed by atoms with Crippen LogP contribution in [0.1, 0.15) is 25.7 Å². The zero-order chi connectivity index (χ0) is 26.8. The number of fused-ring (bicyclic) bond motifs is 1. The first-order valence-corrected chi connectivity index (χ1v) is 14.2. The van der Waals surface area contributed by atoms with Crippen LogP contribution in [0.25, 0.3) is 22.2 Å². The van der Waals surface area contributed by atoms with Gasteiger partial charge in [0.2, 0.25) is 0 Å². The lowest BCUT2D eigenvalue weighted by Crippen LogP contribution is -2.52. The van der Waals surface area contributed by atoms with Gasteiger partial charge >= 0.3 is 0 Å². The Morgan fingerprint density at radius 1 is 0.949 bits per heavy atom. The molecule has 3 aromatic rings. The summed E-state index contributed by atoms with van der Waals surface area (Å²) in [6.45, 7) is 8.29. The van der Waals surface area contributed by atoms with E-state index in [2.05, 4.69) is 55.2 Å². The highest BCUT2D eigenvalue weighted by atomic mass is 16.5. The van der Waals surface area contributed by atoms with Crippen molar-refractivity contribution in [1.29, 1.82) is 0 Å². The lowest BCUT2D eigenvalue weighted by Gasteiger charge is -2.42. The Bertz CT molecular complexity index is 1280. The monoisotopic (exact) mass is 532 g/mol. The van der Waals surface area contributed by atoms with Crippen LogP contribution < -0.4 is 20.7 Å². The van der Waals surface area contributed by atoms with Gasteiger partial charge in [0.05, 0.1) is 19.0 Å². The Balaban J connectivity index is 1.23. The SMILES string of the molecule is COc1cc(-c2cnc(N)c3ncc(NC4CCOCC4)nc23)ccc1N1CCC(N2CCN(C)CC2)CC1. The van der Waals surface area contributed by atoms with Crippen molar-refractivity contribution in [2.24, 2.45) is 0 Å². The van der Waals surface area contributed by atoms with E-state index in [0.29, 0.717) is 23.4 Å². The quantitative estimate of drug-likeness (QED) is 0.492. The number of benzene rings is 1. The molecule has 3 saturated heterocycles. The van der Waals surface area contributed by atoms with Gasteiger partial charge in [0.25, 0.3) is 0 Å². The summed E-state index contributed by atoms with van der Waals surface area (Å²) >= 11 is 0. The van der Waals surface area contributed by atoms with Crippen molar-refractivity contribution in [1.82, 2.24) is 24.8 Å². The van der Waals surface area contributed by atoms with E-state index in [1.165, 1.54) is 39.0 Å². The van der Waals surface area contributed by atoms with Gasteiger partial charge in [-0.05, 0) is 50.4 Å². The van der Waals surface area contributed by atoms with E-state index in [0.717, 1.165) is 73.0 Å². The van der Waals surface area contributed by atoms with Gasteiger partial charge in [-0.25, -0.2) is 15.0 Å². The smallest absolute Gasteiger partial charge is 0.151 e. The lowest BCUT2D eigenvalue weighted by molar-refractivity contribution is 0.0904. The molecule has 10 heteroatoms. The number of ether oxygens (including phenoxy) is 2. The average Bonchev–Trinajstić information content (AvgIpc) is 2.98. The maximum absolute atomic E-state index is 6.20. The average molecular weight is 533 g/mol. The van der Waals surface area contributed by atoms with Gasteiger partial charge in [0.1, 0.15) is 22.6 Å². The summed E-state index contributed by atoms with van der Waals surface area (Å²) in [6.07, 6.45) is 7.81. The Labute approximate surface area is 230 Å². The topological polar surface area (TPSA) is 105 Å². The van der Waals surface area contributed by atoms with E-state index in [9.17, 15) is 0 Å². The zero-order valence-corrected chi connectivity index (χ0v) is 23.1. The van der Waals surface area contributed by atoms with Crippen molar-refractivity contribution in [3.05, 3.63) is 30.6 Å². The van der Waals surface area contributed by atoms with Gasteiger partial charge < -0.3 is 30.3 Å². The third kappa shape index (κ3) is 5.59. The number of likely N-dealkylation sites (N-methyl/N-ethyl adjacent to an activating group) is 1. The largest absolute Gasteiger partial charge is 0.495 e. The molecule has 0 atom stereocenters. The number of nitrogens with one attached hydrogen (secondary N) is 1. The molecule has 0 amide bonds. The van der Waals surface area contributed by atoms with E-state index in [1.807, 2.05) is 0 Å². The molecule has 0 saturated carbocycles. The van der Waals surface area contributed by atoms with E-state index in [1.54, 1.807) is 19.5 Å². The molecule has 3 aliphatic rings. The van der Waals surface area contributed by atoms with Crippen molar-refractivity contribution in [3.63, 3.8) is 0 Å². The molecule has 1 aromatic carbocycles. The highest BCUT2D eigenvalue weighted by Crippen LogP contribution is 2.37. The summed E-state index contributed by atoms with van der Waals surface area (Å²) in [5.74, 6) is 1.98. The van der Waals surface area contributed by atoms with E-state index < -0.39 is 0 Å². The summed E-state index contributed by atoms with van der Waals surface area (Å²) in [5, 5.41) is 3.52. The first-order valence-electron chi connectivity index (χ1n) is 14.2. The predicted molar refractivity (Wildman–Crippen MR) is 156 cm³/mol. The second-order valence-corrected chi connectivity index (χ2v) is 11.0. The number of nitrogens with zero attached hydrogens (tertiary/aromatic N) is 6. The summed E-state index contributed by atoms with van der Waals surface area (Å²) in [7, 11) is 3.96. The van der Waals surface area contributed by atoms with Crippen LogP contribution in [0.5, 0.6) is 5.75 Å². The summed E-state index contributed by atoms with van der Waals surface area (Å²) in [5.41, 5.74) is 10.6. The maximum Gasteiger partial charge on any atom is 0.151 e. The standard InChI is InChI=1S/C29H40N8O2/c1-35-11-13-36(14-12-35)22-5-9-37(10-6-22)24-4-3-20(17-25(24)38-2)23-18-32-29(30)28-27(23)34-26(19-31-28)33-21-7-15-39-16-8-21/h3-4,17-19,21-22H,5-16H2,1-2H3,(H2,30,32)(H,33,34). The molecule has 208 valence electrons. The third-order valence-corrected chi connectivity index (χ3v) is 8.53. The van der Waals surface area contributed by atoms with Gasteiger partial charge in [0.15, 0.2) is 5.82 Å². The number of methoxy groups -OCH3 is 1. The number of piperidine rings is 1. The zero-order valence-electron chi connectivity index (χ0n) is 23.1. The van der Waals surface area contributed by atoms with Crippen LogP contribution in [0.4, 0.5) is 17.3 Å². The van der Waals surface area contributed by atoms with Crippen molar-refractivity contribution in [2.45, 2.75) is 37.8 Å². The summed E-state index contributed by atoms with van der Waals surface area (Å²) in [6, 6.07) is 7.40. The Hall–Kier alpha value is -3.21. The Kier molecular flexibility index (Phi) is 7.67. The fourth-order valence-electron chi connectivity index (χ4n) is 6.12. The molecule has 5 heterocycles. The van der Waals surface area contributed by atoms with Crippen LogP contribution in [0.2, 0.25) is 0 Å². The molecule has 3 N–H and O–H groups in total. The Morgan fingerprint density at radius 2 is 1.72 bits per heavy atom. The van der Waals surface area contributed by atoms with Crippen LogP contribution >= 0.6 is 0 Å². The molecule has 3 aliphatic heterocycles. The van der Waals surface area contributed by atoms with Gasteiger partial charge in [-0.15, -0.1) is 0 Å². The Morgan fingerprint density at radius 3 is 2.46 bits per heavy atom. The minimum absolute atomic E-state index is 0.327. The molecule has 0 aliphatic carbocycles. The number of pyridine rings is 1. The molecular weight excluding hydrogens is 492 g/mol. The molecular formula is C29H40N8O2. The second-order valence-electron chi connectivity index (χ2n) is 11.0. The summed E-state index contributed by atoms with van der Waals surface area (Å²) in [4.78, 5) is 21.6. The summed E-state index contributed by atoms with van der Waals surface area (Å²) < 4.78 is 11.4. The van der Waals surface area contributed by atoms with Gasteiger partial charge in [-0.2, -0.15) is 0 Å². The van der Waals surface area contributed by atoms with Crippen LogP contribution in [-0.2, 0) is 4.74 Å². The highest BCUT2D eigenvalue weighted by Gasteiger charge is 2.28. The second kappa shape index (κ2) is 11.5. The molecule has 0 unspecified atom stereocenters. The van der Waals surface area contributed by atoms with E-state index in [-0.39, 0.29) is 0 Å². The molecule has 10 nitrogen and oxygen atoms in total. The maximum atomic E-state index is 6.20. The fourth-order valence-corrected chi connectivity index (χ4v) is 6.12. The van der Waals surface area contributed by atoms with Gasteiger partial charge in [-0.3, -0.25) is 4.90 Å². The number of nitrogens with two attached hydrogens (primary N) is 1. The first kappa shape index (κ1) is 26.0. The number of nitrogen functional groups attached to an aromatic ring is 1. The number of hydrogen-bond acceptors (Lipinski definition) is 10. The highest BCUT2D eigenvalue weighted by molar-refractivity contribution is 5.97. The molecule has 0 bridgehead atoms. The van der Waals surface area contributed by atoms with Crippen LogP contribution in [0.15, 0.2) is 30.6 Å². The van der Waals surface area contributed by atoms with Crippen molar-refractivity contribution < 1.29 is 9.47 Å². The normalized spacial score (nSPS) is 20.4. The fraction of sp³-hybridized carbons (Fsp3) is 0.552. The molecule has 0 spiro atoms. The molecule has 6 rings (SSSR count). The minimum atomic E-state index is 0.327. The van der Waals surface area contributed by atoms with Crippen molar-refractivity contribution in [2.75, 3.05) is 82.6 Å². The van der Waals surface area contributed by atoms with Crippen LogP contribution in [0, 0.1) is 0 Å². The van der Waals surface area contributed by atoms with Crippen LogP contribution in [-0.4, -0.2) is 103 Å². The van der Waals surface area contributed by atoms with E-state index in [4.69, 9.17) is 20.2 Å². The van der Waals surface area contributed by atoms with Gasteiger partial charge in [-0.1, -0.05) is 6.07 Å². The number of anilines is 3. The predicted octanol–water partition coefficient (Wildman–Crippen LogP) is 3.09. The first-order chi connectivity index (χ1) is 19.1. The minimum Gasteiger partial charge on any atom is -0.495 e. The number of piperazine rings is 1. The number of aromatic nitrogens is 3. The van der Waals surface area contributed by atoms with Crippen LogP contribution in [0.3, 0.4) is 0 Å². The number of hydrogen-bond donors (Lipinski definition) is 2. The molecule has 2 aromatic heterocycles. The molecule has 3 fully saturated rings. The molecule has 39 heavy (non-hydrogen) atoms. The third-order valence-electron chi connectivity index (χ3n) is 8.53. The number of rotatable bonds is 6. The lowest BCUT2D eigenvalue weighted by atomic mass is 10.00. The van der Waals surface area contributed by atoms with E-state index >= 15 is 0 Å². The van der Waals surface area contributed by atoms with Crippen molar-refractivity contribution >= 4 is 28.4 Å². The van der Waals surface area contributed by atoms with Gasteiger partial charge in [0, 0.05) is 76.3 Å².